The molecule has 2 rings (SSSR count). The van der Waals surface area contributed by atoms with Crippen molar-refractivity contribution in [3.8, 4) is 6.07 Å². The quantitative estimate of drug-likeness (QED) is 0.832. The summed E-state index contributed by atoms with van der Waals surface area (Å²) >= 11 is 5.86. The van der Waals surface area contributed by atoms with Crippen molar-refractivity contribution in [2.24, 2.45) is 5.92 Å². The van der Waals surface area contributed by atoms with Crippen LogP contribution in [-0.2, 0) is 4.79 Å². The molecule has 1 aromatic rings. The van der Waals surface area contributed by atoms with Crippen LogP contribution in [0, 0.1) is 17.2 Å². The van der Waals surface area contributed by atoms with Gasteiger partial charge < -0.3 is 9.80 Å². The maximum Gasteiger partial charge on any atom is 0.239 e. The summed E-state index contributed by atoms with van der Waals surface area (Å²) in [5.74, 6) is -0.625. The Hall–Kier alpha value is -1.73. The van der Waals surface area contributed by atoms with Crippen LogP contribution in [0.15, 0.2) is 24.3 Å². The van der Waals surface area contributed by atoms with Crippen LogP contribution in [0.4, 0.5) is 5.69 Å². The predicted molar refractivity (Wildman–Crippen MR) is 75.0 cm³/mol. The molecule has 100 valence electrons. The van der Waals surface area contributed by atoms with Gasteiger partial charge in [0.1, 0.15) is 5.92 Å². The van der Waals surface area contributed by atoms with Crippen LogP contribution < -0.4 is 4.90 Å². The van der Waals surface area contributed by atoms with Gasteiger partial charge in [-0.25, -0.2) is 0 Å². The first-order valence-electron chi connectivity index (χ1n) is 6.30. The fraction of sp³-hybridized carbons (Fsp3) is 0.429. The number of piperazine rings is 1. The van der Waals surface area contributed by atoms with Gasteiger partial charge in [0.15, 0.2) is 0 Å². The van der Waals surface area contributed by atoms with Gasteiger partial charge in [-0.1, -0.05) is 11.6 Å². The molecule has 1 aliphatic rings. The third kappa shape index (κ3) is 3.18. The minimum absolute atomic E-state index is 0.0711. The Labute approximate surface area is 118 Å². The van der Waals surface area contributed by atoms with E-state index < -0.39 is 5.92 Å². The molecule has 0 aromatic heterocycles. The molecular formula is C14H16ClN3O. The third-order valence-electron chi connectivity index (χ3n) is 3.35. The first kappa shape index (κ1) is 13.7. The Morgan fingerprint density at radius 2 is 1.84 bits per heavy atom. The largest absolute Gasteiger partial charge is 0.368 e. The molecular weight excluding hydrogens is 262 g/mol. The topological polar surface area (TPSA) is 47.3 Å². The number of anilines is 1. The fourth-order valence-corrected chi connectivity index (χ4v) is 2.29. The summed E-state index contributed by atoms with van der Waals surface area (Å²) in [4.78, 5) is 15.9. The molecule has 1 atom stereocenters. The van der Waals surface area contributed by atoms with Gasteiger partial charge in [-0.2, -0.15) is 5.26 Å². The standard InChI is InChI=1S/C14H16ClN3O/c1-11(10-16)14(19)18-8-6-17(7-9-18)13-4-2-12(15)3-5-13/h2-5,11H,6-9H2,1H3. The number of amides is 1. The van der Waals surface area contributed by atoms with E-state index in [1.54, 1.807) is 11.8 Å². The molecule has 0 spiro atoms. The summed E-state index contributed by atoms with van der Waals surface area (Å²) < 4.78 is 0. The maximum atomic E-state index is 11.9. The summed E-state index contributed by atoms with van der Waals surface area (Å²) in [5, 5.41) is 9.49. The Morgan fingerprint density at radius 1 is 1.26 bits per heavy atom. The van der Waals surface area contributed by atoms with E-state index >= 15 is 0 Å². The maximum absolute atomic E-state index is 11.9. The minimum Gasteiger partial charge on any atom is -0.368 e. The lowest BCUT2D eigenvalue weighted by Crippen LogP contribution is -2.50. The van der Waals surface area contributed by atoms with Crippen LogP contribution in [0.2, 0.25) is 5.02 Å². The summed E-state index contributed by atoms with van der Waals surface area (Å²) in [6.07, 6.45) is 0. The number of carbonyl (C=O) groups is 1. The summed E-state index contributed by atoms with van der Waals surface area (Å²) in [5.41, 5.74) is 1.12. The highest BCUT2D eigenvalue weighted by molar-refractivity contribution is 6.30. The molecule has 1 heterocycles. The fourth-order valence-electron chi connectivity index (χ4n) is 2.17. The Kier molecular flexibility index (Phi) is 4.28. The Bertz CT molecular complexity index is 486. The molecule has 1 aliphatic heterocycles. The average Bonchev–Trinajstić information content (AvgIpc) is 2.46. The summed E-state index contributed by atoms with van der Waals surface area (Å²) in [7, 11) is 0. The van der Waals surface area contributed by atoms with Crippen molar-refractivity contribution in [3.63, 3.8) is 0 Å². The molecule has 0 radical (unpaired) electrons. The monoisotopic (exact) mass is 277 g/mol. The second-order valence-corrected chi connectivity index (χ2v) is 5.08. The van der Waals surface area contributed by atoms with Gasteiger partial charge >= 0.3 is 0 Å². The SMILES string of the molecule is CC(C#N)C(=O)N1CCN(c2ccc(Cl)cc2)CC1. The van der Waals surface area contributed by atoms with Crippen molar-refractivity contribution in [3.05, 3.63) is 29.3 Å². The van der Waals surface area contributed by atoms with E-state index in [4.69, 9.17) is 16.9 Å². The predicted octanol–water partition coefficient (Wildman–Crippen LogP) is 2.15. The van der Waals surface area contributed by atoms with Crippen molar-refractivity contribution in [2.45, 2.75) is 6.92 Å². The Morgan fingerprint density at radius 3 is 2.37 bits per heavy atom. The zero-order valence-electron chi connectivity index (χ0n) is 10.8. The summed E-state index contributed by atoms with van der Waals surface area (Å²) in [6.45, 7) is 4.53. The molecule has 1 aromatic carbocycles. The number of nitriles is 1. The first-order chi connectivity index (χ1) is 9.11. The van der Waals surface area contributed by atoms with Gasteiger partial charge in [0, 0.05) is 36.9 Å². The van der Waals surface area contributed by atoms with E-state index in [9.17, 15) is 4.79 Å². The molecule has 1 amide bonds. The molecule has 0 aliphatic carbocycles. The number of hydrogen-bond donors (Lipinski definition) is 0. The van der Waals surface area contributed by atoms with Crippen molar-refractivity contribution in [1.29, 1.82) is 5.26 Å². The molecule has 1 saturated heterocycles. The van der Waals surface area contributed by atoms with Crippen molar-refractivity contribution in [2.75, 3.05) is 31.1 Å². The van der Waals surface area contributed by atoms with Gasteiger partial charge in [0.2, 0.25) is 5.91 Å². The zero-order valence-corrected chi connectivity index (χ0v) is 11.6. The number of carbonyl (C=O) groups excluding carboxylic acids is 1. The molecule has 1 fully saturated rings. The van der Waals surface area contributed by atoms with Crippen molar-refractivity contribution < 1.29 is 4.79 Å². The van der Waals surface area contributed by atoms with Crippen LogP contribution in [0.25, 0.3) is 0 Å². The van der Waals surface area contributed by atoms with Crippen LogP contribution in [0.5, 0.6) is 0 Å². The van der Waals surface area contributed by atoms with Crippen LogP contribution in [-0.4, -0.2) is 37.0 Å². The Balaban J connectivity index is 1.94. The molecule has 19 heavy (non-hydrogen) atoms. The van der Waals surface area contributed by atoms with Crippen LogP contribution in [0.1, 0.15) is 6.92 Å². The average molecular weight is 278 g/mol. The number of rotatable bonds is 2. The second-order valence-electron chi connectivity index (χ2n) is 4.64. The normalized spacial score (nSPS) is 16.9. The zero-order chi connectivity index (χ0) is 13.8. The summed E-state index contributed by atoms with van der Waals surface area (Å²) in [6, 6.07) is 9.69. The molecule has 4 nitrogen and oxygen atoms in total. The van der Waals surface area contributed by atoms with E-state index in [2.05, 4.69) is 4.90 Å². The van der Waals surface area contributed by atoms with Gasteiger partial charge in [-0.05, 0) is 31.2 Å². The lowest BCUT2D eigenvalue weighted by Gasteiger charge is -2.36. The molecule has 0 saturated carbocycles. The highest BCUT2D eigenvalue weighted by atomic mass is 35.5. The number of hydrogen-bond acceptors (Lipinski definition) is 3. The lowest BCUT2D eigenvalue weighted by atomic mass is 10.1. The number of halogens is 1. The molecule has 1 unspecified atom stereocenters. The van der Waals surface area contributed by atoms with Crippen molar-refractivity contribution in [1.82, 2.24) is 4.90 Å². The number of benzene rings is 1. The highest BCUT2D eigenvalue weighted by Gasteiger charge is 2.24. The van der Waals surface area contributed by atoms with E-state index in [0.29, 0.717) is 13.1 Å². The minimum atomic E-state index is -0.554. The van der Waals surface area contributed by atoms with Gasteiger partial charge in [-0.3, -0.25) is 4.79 Å². The van der Waals surface area contributed by atoms with Crippen molar-refractivity contribution >= 4 is 23.2 Å². The van der Waals surface area contributed by atoms with Gasteiger partial charge in [-0.15, -0.1) is 0 Å². The third-order valence-corrected chi connectivity index (χ3v) is 3.60. The molecule has 0 bridgehead atoms. The molecule has 5 heteroatoms. The van der Waals surface area contributed by atoms with Crippen LogP contribution >= 0.6 is 11.6 Å². The first-order valence-corrected chi connectivity index (χ1v) is 6.68. The number of nitrogens with zero attached hydrogens (tertiary/aromatic N) is 3. The van der Waals surface area contributed by atoms with E-state index in [1.165, 1.54) is 0 Å². The molecule has 0 N–H and O–H groups in total. The van der Waals surface area contributed by atoms with E-state index in [0.717, 1.165) is 23.8 Å². The smallest absolute Gasteiger partial charge is 0.239 e. The van der Waals surface area contributed by atoms with E-state index in [1.807, 2.05) is 30.3 Å². The second kappa shape index (κ2) is 5.94. The van der Waals surface area contributed by atoms with E-state index in [-0.39, 0.29) is 5.91 Å². The lowest BCUT2D eigenvalue weighted by molar-refractivity contribution is -0.133. The highest BCUT2D eigenvalue weighted by Crippen LogP contribution is 2.19. The van der Waals surface area contributed by atoms with Crippen LogP contribution in [0.3, 0.4) is 0 Å². The van der Waals surface area contributed by atoms with Gasteiger partial charge in [0.25, 0.3) is 0 Å². The van der Waals surface area contributed by atoms with Gasteiger partial charge in [0.05, 0.1) is 6.07 Å².